The molecule has 4 heterocycles. The van der Waals surface area contributed by atoms with Crippen molar-refractivity contribution in [3.8, 4) is 45.5 Å². The largest absolute Gasteiger partial charge is 0.454 e. The summed E-state index contributed by atoms with van der Waals surface area (Å²) in [6.07, 6.45) is 4.34. The van der Waals surface area contributed by atoms with E-state index in [0.29, 0.717) is 41.1 Å². The summed E-state index contributed by atoms with van der Waals surface area (Å²) in [6, 6.07) is 38.4. The smallest absolute Gasteiger partial charge is 0.236 e. The summed E-state index contributed by atoms with van der Waals surface area (Å²) in [5, 5.41) is 9.14. The zero-order valence-electron chi connectivity index (χ0n) is 35.7. The summed E-state index contributed by atoms with van der Waals surface area (Å²) in [4.78, 5) is 35.6. The van der Waals surface area contributed by atoms with Gasteiger partial charge in [-0.15, -0.1) is 0 Å². The Kier molecular flexibility index (Phi) is 12.6. The lowest BCUT2D eigenvalue weighted by molar-refractivity contribution is -0.119. The second-order valence-electron chi connectivity index (χ2n) is 16.5. The standard InChI is InChI=1S/C25H25N3O5S.C24H23N3O3.CH4/c1-28(34(2,30)31)15-17-6-8-18(9-7-17)20-4-3-5-23(26-20)27-24(29)25(12-13-25)19-10-11-21-22(14-19)33-16-32-21;1-25-14-16-5-7-17(8-6-16)19-3-2-4-22(26-19)27-23(28)24(11-12-24)18-9-10-20-21(13-18)30-15-29-20;/h3-11,14H,12-13,15-16H2,1-2H3,(H,26,27,29);2-10,13,25H,11-12,14-15H2,1H3,(H,26,27,28);1H4. The zero-order chi connectivity index (χ0) is 44.5. The predicted molar refractivity (Wildman–Crippen MR) is 249 cm³/mol. The highest BCUT2D eigenvalue weighted by Crippen LogP contribution is 2.52. The molecule has 4 aromatic carbocycles. The van der Waals surface area contributed by atoms with Gasteiger partial charge in [-0.1, -0.05) is 80.2 Å². The van der Waals surface area contributed by atoms with Crippen molar-refractivity contribution in [1.82, 2.24) is 19.6 Å². The number of hydrogen-bond acceptors (Lipinski definition) is 11. The lowest BCUT2D eigenvalue weighted by atomic mass is 9.94. The van der Waals surface area contributed by atoms with Crippen molar-refractivity contribution in [2.75, 3.05) is 44.6 Å². The molecule has 65 heavy (non-hydrogen) atoms. The van der Waals surface area contributed by atoms with Crippen LogP contribution in [-0.4, -0.2) is 68.4 Å². The minimum absolute atomic E-state index is 0. The van der Waals surface area contributed by atoms with Gasteiger partial charge in [0, 0.05) is 31.3 Å². The molecular formula is C50H52N6O8S. The van der Waals surface area contributed by atoms with E-state index in [1.807, 2.05) is 98.0 Å². The molecule has 15 heteroatoms. The minimum atomic E-state index is -3.24. The van der Waals surface area contributed by atoms with Crippen LogP contribution in [-0.2, 0) is 43.5 Å². The molecule has 4 aliphatic rings. The van der Waals surface area contributed by atoms with E-state index in [1.165, 1.54) is 16.1 Å². The van der Waals surface area contributed by atoms with E-state index in [-0.39, 0.29) is 32.8 Å². The summed E-state index contributed by atoms with van der Waals surface area (Å²) < 4.78 is 46.3. The number of pyridine rings is 2. The Morgan fingerprint density at radius 2 is 1.05 bits per heavy atom. The Labute approximate surface area is 379 Å². The molecule has 0 radical (unpaired) electrons. The summed E-state index contributed by atoms with van der Waals surface area (Å²) in [5.41, 5.74) is 6.30. The Balaban J connectivity index is 0.000000176. The molecular weight excluding hydrogens is 845 g/mol. The number of carbonyl (C=O) groups is 2. The first-order chi connectivity index (χ1) is 30.9. The van der Waals surface area contributed by atoms with E-state index in [4.69, 9.17) is 18.9 Å². The molecule has 10 rings (SSSR count). The molecule has 2 aliphatic heterocycles. The van der Waals surface area contributed by atoms with Crippen LogP contribution >= 0.6 is 0 Å². The van der Waals surface area contributed by atoms with Crippen LogP contribution in [0.4, 0.5) is 11.6 Å². The van der Waals surface area contributed by atoms with Gasteiger partial charge in [-0.05, 0) is 104 Å². The van der Waals surface area contributed by atoms with E-state index >= 15 is 0 Å². The first kappa shape index (κ1) is 44.8. The molecule has 0 spiro atoms. The Morgan fingerprint density at radius 1 is 0.615 bits per heavy atom. The van der Waals surface area contributed by atoms with Crippen molar-refractivity contribution in [1.29, 1.82) is 0 Å². The molecule has 14 nitrogen and oxygen atoms in total. The molecule has 2 saturated carbocycles. The van der Waals surface area contributed by atoms with Gasteiger partial charge in [0.05, 0.1) is 28.5 Å². The Hall–Kier alpha value is -6.81. The Morgan fingerprint density at radius 3 is 1.46 bits per heavy atom. The van der Waals surface area contributed by atoms with Crippen molar-refractivity contribution < 1.29 is 37.0 Å². The van der Waals surface area contributed by atoms with Gasteiger partial charge in [-0.2, -0.15) is 0 Å². The number of aromatic nitrogens is 2. The van der Waals surface area contributed by atoms with E-state index in [1.54, 1.807) is 13.1 Å². The molecule has 0 atom stereocenters. The number of rotatable bonds is 13. The number of nitrogens with zero attached hydrogens (tertiary/aromatic N) is 3. The molecule has 336 valence electrons. The summed E-state index contributed by atoms with van der Waals surface area (Å²) in [5.74, 6) is 3.72. The normalized spacial score (nSPS) is 15.5. The summed E-state index contributed by atoms with van der Waals surface area (Å²) >= 11 is 0. The van der Waals surface area contributed by atoms with Gasteiger partial charge in [0.15, 0.2) is 23.0 Å². The Bertz CT molecular complexity index is 2830. The molecule has 2 aliphatic carbocycles. The first-order valence-electron chi connectivity index (χ1n) is 21.0. The molecule has 0 bridgehead atoms. The van der Waals surface area contributed by atoms with Crippen molar-refractivity contribution in [3.63, 3.8) is 0 Å². The topological polar surface area (TPSA) is 170 Å². The lowest BCUT2D eigenvalue weighted by Crippen LogP contribution is -2.28. The van der Waals surface area contributed by atoms with Gasteiger partial charge >= 0.3 is 0 Å². The number of carbonyl (C=O) groups excluding carboxylic acids is 2. The number of fused-ring (bicyclic) bond motifs is 2. The van der Waals surface area contributed by atoms with Crippen LogP contribution in [0.2, 0.25) is 0 Å². The van der Waals surface area contributed by atoms with Crippen molar-refractivity contribution >= 4 is 33.5 Å². The van der Waals surface area contributed by atoms with Gasteiger partial charge < -0.3 is 34.9 Å². The number of benzene rings is 4. The highest BCUT2D eigenvalue weighted by molar-refractivity contribution is 7.88. The van der Waals surface area contributed by atoms with Crippen LogP contribution in [0, 0.1) is 0 Å². The number of amides is 2. The monoisotopic (exact) mass is 896 g/mol. The van der Waals surface area contributed by atoms with Crippen LogP contribution in [0.1, 0.15) is 55.4 Å². The van der Waals surface area contributed by atoms with Gasteiger partial charge in [0.2, 0.25) is 35.4 Å². The fourth-order valence-electron chi connectivity index (χ4n) is 7.89. The fourth-order valence-corrected chi connectivity index (χ4v) is 8.27. The number of anilines is 2. The highest BCUT2D eigenvalue weighted by atomic mass is 32.2. The SMILES string of the molecule is C.CN(Cc1ccc(-c2cccc(NC(=O)C3(c4ccc5c(c4)OCO5)CC3)n2)cc1)S(C)(=O)=O.CNCc1ccc(-c2cccc(NC(=O)C3(c4ccc5c(c4)OCO5)CC3)n2)cc1. The number of hydrogen-bond donors (Lipinski definition) is 3. The third-order valence-electron chi connectivity index (χ3n) is 12.1. The molecule has 6 aromatic rings. The second-order valence-corrected chi connectivity index (χ2v) is 18.6. The van der Waals surface area contributed by atoms with Gasteiger partial charge in [-0.25, -0.2) is 22.7 Å². The molecule has 3 N–H and O–H groups in total. The third kappa shape index (κ3) is 9.67. The molecule has 0 saturated heterocycles. The van der Waals surface area contributed by atoms with Crippen molar-refractivity contribution in [2.24, 2.45) is 0 Å². The van der Waals surface area contributed by atoms with Gasteiger partial charge in [-0.3, -0.25) is 9.59 Å². The van der Waals surface area contributed by atoms with Crippen LogP contribution in [0.25, 0.3) is 22.5 Å². The molecule has 2 aromatic heterocycles. The van der Waals surface area contributed by atoms with Crippen molar-refractivity contribution in [3.05, 3.63) is 144 Å². The highest BCUT2D eigenvalue weighted by Gasteiger charge is 2.53. The third-order valence-corrected chi connectivity index (χ3v) is 13.3. The molecule has 0 unspecified atom stereocenters. The zero-order valence-corrected chi connectivity index (χ0v) is 36.5. The average Bonchev–Trinajstić information content (AvgIpc) is 4.20. The van der Waals surface area contributed by atoms with Crippen molar-refractivity contribution in [2.45, 2.75) is 57.0 Å². The van der Waals surface area contributed by atoms with E-state index < -0.39 is 20.9 Å². The number of nitrogens with one attached hydrogen (secondary N) is 3. The van der Waals surface area contributed by atoms with Crippen LogP contribution in [0.3, 0.4) is 0 Å². The summed E-state index contributed by atoms with van der Waals surface area (Å²) in [6.45, 7) is 1.55. The lowest BCUT2D eigenvalue weighted by Gasteiger charge is -2.16. The number of ether oxygens (including phenoxy) is 4. The maximum absolute atomic E-state index is 13.2. The molecule has 2 fully saturated rings. The summed E-state index contributed by atoms with van der Waals surface area (Å²) in [7, 11) is 0.234. The average molecular weight is 897 g/mol. The fraction of sp³-hybridized carbons (Fsp3) is 0.280. The predicted octanol–water partition coefficient (Wildman–Crippen LogP) is 8.04. The number of sulfonamides is 1. The van der Waals surface area contributed by atoms with E-state index in [9.17, 15) is 18.0 Å². The molecule has 2 amide bonds. The second kappa shape index (κ2) is 18.4. The maximum Gasteiger partial charge on any atom is 0.236 e. The van der Waals surface area contributed by atoms with Crippen LogP contribution in [0.15, 0.2) is 121 Å². The van der Waals surface area contributed by atoms with Gasteiger partial charge in [0.1, 0.15) is 11.6 Å². The quantitative estimate of drug-likeness (QED) is 0.103. The van der Waals surface area contributed by atoms with Gasteiger partial charge in [0.25, 0.3) is 0 Å². The minimum Gasteiger partial charge on any atom is -0.454 e. The van der Waals surface area contributed by atoms with Crippen LogP contribution < -0.4 is 34.9 Å². The first-order valence-corrected chi connectivity index (χ1v) is 22.9. The van der Waals surface area contributed by atoms with E-state index in [0.717, 1.165) is 71.5 Å². The maximum atomic E-state index is 13.2. The van der Waals surface area contributed by atoms with E-state index in [2.05, 4.69) is 50.2 Å². The van der Waals surface area contributed by atoms with Crippen LogP contribution in [0.5, 0.6) is 23.0 Å².